The normalized spacial score (nSPS) is 11.5. The molecule has 2 aromatic rings. The molecule has 2 nitrogen and oxygen atoms in total. The van der Waals surface area contributed by atoms with Crippen molar-refractivity contribution in [2.75, 3.05) is 11.9 Å². The molecule has 0 atom stereocenters. The molecule has 18 heavy (non-hydrogen) atoms. The average molecular weight is 272 g/mol. The topological polar surface area (TPSA) is 24.9 Å². The number of nitrogens with one attached hydrogen (secondary N) is 1. The number of anilines is 1. The summed E-state index contributed by atoms with van der Waals surface area (Å²) >= 11 is 1.49. The van der Waals surface area contributed by atoms with Crippen LogP contribution in [0, 0.1) is 0 Å². The van der Waals surface area contributed by atoms with E-state index in [0.29, 0.717) is 13.0 Å². The number of hydrogen-bond donors (Lipinski definition) is 1. The van der Waals surface area contributed by atoms with Crippen LogP contribution in [0.5, 0.6) is 0 Å². The van der Waals surface area contributed by atoms with Crippen LogP contribution < -0.4 is 5.32 Å². The maximum Gasteiger partial charge on any atom is 0.418 e. The third-order valence-corrected chi connectivity index (χ3v) is 3.21. The number of benzene rings is 1. The van der Waals surface area contributed by atoms with E-state index in [1.807, 2.05) is 5.38 Å². The minimum atomic E-state index is -4.33. The Morgan fingerprint density at radius 3 is 2.67 bits per heavy atom. The molecule has 1 aromatic carbocycles. The molecular formula is C12H11F3N2S. The van der Waals surface area contributed by atoms with Crippen molar-refractivity contribution >= 4 is 17.0 Å². The molecule has 0 fully saturated rings. The lowest BCUT2D eigenvalue weighted by Gasteiger charge is -2.13. The van der Waals surface area contributed by atoms with Gasteiger partial charge in [-0.05, 0) is 12.1 Å². The molecular weight excluding hydrogens is 261 g/mol. The number of aromatic nitrogens is 1. The van der Waals surface area contributed by atoms with Gasteiger partial charge in [0.15, 0.2) is 0 Å². The lowest BCUT2D eigenvalue weighted by atomic mass is 10.1. The first kappa shape index (κ1) is 12.9. The zero-order valence-corrected chi connectivity index (χ0v) is 10.2. The highest BCUT2D eigenvalue weighted by atomic mass is 32.1. The Morgan fingerprint density at radius 1 is 1.22 bits per heavy atom. The van der Waals surface area contributed by atoms with E-state index >= 15 is 0 Å². The average Bonchev–Trinajstić information content (AvgIpc) is 2.81. The van der Waals surface area contributed by atoms with E-state index in [4.69, 9.17) is 0 Å². The van der Waals surface area contributed by atoms with Gasteiger partial charge in [-0.1, -0.05) is 12.1 Å². The van der Waals surface area contributed by atoms with Crippen LogP contribution in [0.1, 0.15) is 10.6 Å². The predicted octanol–water partition coefficient (Wildman–Crippen LogP) is 3.82. The molecule has 96 valence electrons. The van der Waals surface area contributed by atoms with Crippen molar-refractivity contribution in [1.29, 1.82) is 0 Å². The summed E-state index contributed by atoms with van der Waals surface area (Å²) in [7, 11) is 0. The van der Waals surface area contributed by atoms with Crippen LogP contribution in [-0.2, 0) is 12.6 Å². The van der Waals surface area contributed by atoms with Crippen LogP contribution >= 0.6 is 11.3 Å². The quantitative estimate of drug-likeness (QED) is 0.915. The number of alkyl halides is 3. The van der Waals surface area contributed by atoms with E-state index in [-0.39, 0.29) is 5.69 Å². The van der Waals surface area contributed by atoms with Crippen molar-refractivity contribution in [3.05, 3.63) is 46.4 Å². The highest BCUT2D eigenvalue weighted by Gasteiger charge is 2.32. The van der Waals surface area contributed by atoms with E-state index < -0.39 is 11.7 Å². The zero-order chi connectivity index (χ0) is 13.0. The van der Waals surface area contributed by atoms with Crippen molar-refractivity contribution in [3.63, 3.8) is 0 Å². The monoisotopic (exact) mass is 272 g/mol. The molecule has 1 aromatic heterocycles. The highest BCUT2D eigenvalue weighted by Crippen LogP contribution is 2.34. The molecule has 0 amide bonds. The standard InChI is InChI=1S/C12H11F3N2S/c13-12(14,15)9-3-1-2-4-10(9)16-6-5-11-17-7-8-18-11/h1-4,7-8,16H,5-6H2. The summed E-state index contributed by atoms with van der Waals surface area (Å²) in [4.78, 5) is 4.07. The summed E-state index contributed by atoms with van der Waals surface area (Å²) in [5, 5.41) is 5.56. The first-order valence-electron chi connectivity index (χ1n) is 5.36. The van der Waals surface area contributed by atoms with Gasteiger partial charge in [0.25, 0.3) is 0 Å². The summed E-state index contributed by atoms with van der Waals surface area (Å²) < 4.78 is 38.1. The van der Waals surface area contributed by atoms with E-state index in [1.165, 1.54) is 23.5 Å². The number of hydrogen-bond acceptors (Lipinski definition) is 3. The molecule has 0 bridgehead atoms. The lowest BCUT2D eigenvalue weighted by molar-refractivity contribution is -0.136. The number of halogens is 3. The summed E-state index contributed by atoms with van der Waals surface area (Å²) in [6.07, 6.45) is -2.03. The SMILES string of the molecule is FC(F)(F)c1ccccc1NCCc1nccs1. The van der Waals surface area contributed by atoms with Gasteiger partial charge < -0.3 is 5.32 Å². The van der Waals surface area contributed by atoms with Crippen molar-refractivity contribution in [2.24, 2.45) is 0 Å². The molecule has 0 aliphatic carbocycles. The lowest BCUT2D eigenvalue weighted by Crippen LogP contribution is -2.12. The smallest absolute Gasteiger partial charge is 0.384 e. The van der Waals surface area contributed by atoms with Crippen molar-refractivity contribution < 1.29 is 13.2 Å². The van der Waals surface area contributed by atoms with Crippen LogP contribution in [0.2, 0.25) is 0 Å². The number of para-hydroxylation sites is 1. The van der Waals surface area contributed by atoms with Gasteiger partial charge in [0.1, 0.15) is 0 Å². The molecule has 0 unspecified atom stereocenters. The van der Waals surface area contributed by atoms with Crippen LogP contribution in [0.15, 0.2) is 35.8 Å². The Hall–Kier alpha value is -1.56. The van der Waals surface area contributed by atoms with E-state index in [2.05, 4.69) is 10.3 Å². The highest BCUT2D eigenvalue weighted by molar-refractivity contribution is 7.09. The van der Waals surface area contributed by atoms with E-state index in [1.54, 1.807) is 12.3 Å². The fourth-order valence-corrected chi connectivity index (χ4v) is 2.19. The summed E-state index contributed by atoms with van der Waals surface area (Å²) in [6, 6.07) is 5.48. The van der Waals surface area contributed by atoms with Crippen molar-refractivity contribution in [3.8, 4) is 0 Å². The molecule has 6 heteroatoms. The minimum absolute atomic E-state index is 0.113. The summed E-state index contributed by atoms with van der Waals surface area (Å²) in [6.45, 7) is 0.431. The number of thiazole rings is 1. The second-order valence-corrected chi connectivity index (χ2v) is 4.63. The largest absolute Gasteiger partial charge is 0.418 e. The molecule has 0 saturated carbocycles. The molecule has 0 spiro atoms. The van der Waals surface area contributed by atoms with Gasteiger partial charge in [-0.2, -0.15) is 13.2 Å². The first-order chi connectivity index (χ1) is 8.57. The molecule has 0 aliphatic heterocycles. The van der Waals surface area contributed by atoms with Gasteiger partial charge in [0.05, 0.1) is 10.6 Å². The van der Waals surface area contributed by atoms with Crippen molar-refractivity contribution in [1.82, 2.24) is 4.98 Å². The van der Waals surface area contributed by atoms with E-state index in [9.17, 15) is 13.2 Å². The van der Waals surface area contributed by atoms with Crippen LogP contribution in [0.4, 0.5) is 18.9 Å². The van der Waals surface area contributed by atoms with Crippen LogP contribution in [0.3, 0.4) is 0 Å². The molecule has 1 heterocycles. The Labute approximate surface area is 106 Å². The van der Waals surface area contributed by atoms with Crippen LogP contribution in [0.25, 0.3) is 0 Å². The zero-order valence-electron chi connectivity index (χ0n) is 9.37. The fraction of sp³-hybridized carbons (Fsp3) is 0.250. The number of rotatable bonds is 4. The molecule has 2 rings (SSSR count). The molecule has 1 N–H and O–H groups in total. The predicted molar refractivity (Wildman–Crippen MR) is 65.8 cm³/mol. The molecule has 0 radical (unpaired) electrons. The third-order valence-electron chi connectivity index (χ3n) is 2.37. The van der Waals surface area contributed by atoms with Gasteiger partial charge in [0.2, 0.25) is 0 Å². The van der Waals surface area contributed by atoms with Gasteiger partial charge in [-0.25, -0.2) is 4.98 Å². The molecule has 0 aliphatic rings. The van der Waals surface area contributed by atoms with Gasteiger partial charge in [-0.15, -0.1) is 11.3 Å². The maximum atomic E-state index is 12.7. The summed E-state index contributed by atoms with van der Waals surface area (Å²) in [5.41, 5.74) is -0.523. The third kappa shape index (κ3) is 3.22. The second-order valence-electron chi connectivity index (χ2n) is 3.65. The van der Waals surface area contributed by atoms with Crippen molar-refractivity contribution in [2.45, 2.75) is 12.6 Å². The number of nitrogens with zero attached hydrogens (tertiary/aromatic N) is 1. The van der Waals surface area contributed by atoms with Gasteiger partial charge in [-0.3, -0.25) is 0 Å². The Balaban J connectivity index is 2.01. The Bertz CT molecular complexity index is 494. The Morgan fingerprint density at radius 2 is 2.00 bits per heavy atom. The van der Waals surface area contributed by atoms with Gasteiger partial charge in [0, 0.05) is 30.2 Å². The van der Waals surface area contributed by atoms with Gasteiger partial charge >= 0.3 is 6.18 Å². The second kappa shape index (κ2) is 5.39. The van der Waals surface area contributed by atoms with E-state index in [0.717, 1.165) is 11.1 Å². The fourth-order valence-electron chi connectivity index (χ4n) is 1.57. The first-order valence-corrected chi connectivity index (χ1v) is 6.24. The maximum absolute atomic E-state index is 12.7. The Kier molecular flexibility index (Phi) is 3.86. The molecule has 0 saturated heterocycles. The van der Waals surface area contributed by atoms with Crippen LogP contribution in [-0.4, -0.2) is 11.5 Å². The summed E-state index contributed by atoms with van der Waals surface area (Å²) in [5.74, 6) is 0. The minimum Gasteiger partial charge on any atom is -0.384 e.